The van der Waals surface area contributed by atoms with E-state index in [1.54, 1.807) is 14.0 Å². The zero-order valence-electron chi connectivity index (χ0n) is 15.2. The third kappa shape index (κ3) is 9.85. The molecule has 0 heterocycles. The lowest BCUT2D eigenvalue weighted by Gasteiger charge is -2.18. The molecule has 0 radical (unpaired) electrons. The van der Waals surface area contributed by atoms with Crippen LogP contribution in [0.25, 0.3) is 0 Å². The minimum absolute atomic E-state index is 0. The summed E-state index contributed by atoms with van der Waals surface area (Å²) in [6.07, 6.45) is -0.0387. The monoisotopic (exact) mass is 484 g/mol. The Balaban J connectivity index is 0.00000576. The van der Waals surface area contributed by atoms with E-state index in [4.69, 9.17) is 4.74 Å². The fourth-order valence-corrected chi connectivity index (χ4v) is 2.51. The maximum Gasteiger partial charge on any atom is 0.211 e. The molecule has 7 nitrogen and oxygen atoms in total. The van der Waals surface area contributed by atoms with E-state index in [0.29, 0.717) is 25.6 Å². The lowest BCUT2D eigenvalue weighted by molar-refractivity contribution is 0.222. The normalized spacial score (nSPS) is 12.9. The maximum atomic E-state index is 11.3. The molecule has 3 N–H and O–H groups in total. The first kappa shape index (κ1) is 23.9. The quantitative estimate of drug-likeness (QED) is 0.214. The highest BCUT2D eigenvalue weighted by atomic mass is 127. The van der Waals surface area contributed by atoms with Crippen LogP contribution in [-0.2, 0) is 10.0 Å². The summed E-state index contributed by atoms with van der Waals surface area (Å²) in [7, 11) is -1.49. The Morgan fingerprint density at radius 2 is 1.92 bits per heavy atom. The van der Waals surface area contributed by atoms with Gasteiger partial charge in [-0.2, -0.15) is 0 Å². The number of ether oxygens (including phenoxy) is 1. The highest BCUT2D eigenvalue weighted by Gasteiger charge is 2.08. The number of halogens is 1. The molecule has 9 heteroatoms. The number of benzene rings is 1. The molecular weight excluding hydrogens is 455 g/mol. The van der Waals surface area contributed by atoms with Crippen molar-refractivity contribution in [2.24, 2.45) is 4.99 Å². The van der Waals surface area contributed by atoms with Crippen LogP contribution in [0.1, 0.15) is 19.4 Å². The van der Waals surface area contributed by atoms with E-state index in [-0.39, 0.29) is 35.8 Å². The van der Waals surface area contributed by atoms with E-state index in [0.717, 1.165) is 11.3 Å². The molecule has 0 saturated heterocycles. The van der Waals surface area contributed by atoms with Gasteiger partial charge in [0.2, 0.25) is 10.0 Å². The molecule has 144 valence electrons. The van der Waals surface area contributed by atoms with E-state index >= 15 is 0 Å². The van der Waals surface area contributed by atoms with Crippen LogP contribution in [0.3, 0.4) is 0 Å². The van der Waals surface area contributed by atoms with Crippen LogP contribution in [0.15, 0.2) is 29.3 Å². The van der Waals surface area contributed by atoms with Gasteiger partial charge in [-0.15, -0.1) is 24.0 Å². The molecular formula is C16H29IN4O3S. The standard InChI is InChI=1S/C16H28N4O3S.HI/c1-5-24(21,22)20-11-10-18-16(17-4)19-12-14(3)23-15-9-7-6-8-13(15)2;/h6-9,14,20H,5,10-12H2,1-4H3,(H2,17,18,19);1H. The number of para-hydroxylation sites is 1. The second-order valence-corrected chi connectivity index (χ2v) is 7.47. The van der Waals surface area contributed by atoms with Gasteiger partial charge in [-0.25, -0.2) is 13.1 Å². The van der Waals surface area contributed by atoms with Gasteiger partial charge in [0.15, 0.2) is 5.96 Å². The average Bonchev–Trinajstić information content (AvgIpc) is 2.56. The van der Waals surface area contributed by atoms with Gasteiger partial charge in [0.1, 0.15) is 11.9 Å². The number of nitrogens with one attached hydrogen (secondary N) is 3. The highest BCUT2D eigenvalue weighted by molar-refractivity contribution is 14.0. The predicted octanol–water partition coefficient (Wildman–Crippen LogP) is 1.48. The fraction of sp³-hybridized carbons (Fsp3) is 0.562. The van der Waals surface area contributed by atoms with Crippen molar-refractivity contribution in [1.82, 2.24) is 15.4 Å². The minimum atomic E-state index is -3.16. The number of nitrogens with zero attached hydrogens (tertiary/aromatic N) is 1. The van der Waals surface area contributed by atoms with Crippen LogP contribution in [0.2, 0.25) is 0 Å². The van der Waals surface area contributed by atoms with Crippen molar-refractivity contribution < 1.29 is 13.2 Å². The molecule has 0 spiro atoms. The first-order chi connectivity index (χ1) is 11.4. The van der Waals surface area contributed by atoms with Gasteiger partial charge in [-0.05, 0) is 32.4 Å². The van der Waals surface area contributed by atoms with Gasteiger partial charge in [-0.1, -0.05) is 18.2 Å². The van der Waals surface area contributed by atoms with Crippen LogP contribution in [0.5, 0.6) is 5.75 Å². The van der Waals surface area contributed by atoms with E-state index in [9.17, 15) is 8.42 Å². The van der Waals surface area contributed by atoms with Crippen molar-refractivity contribution in [3.8, 4) is 5.75 Å². The fourth-order valence-electron chi connectivity index (χ4n) is 1.90. The van der Waals surface area contributed by atoms with Gasteiger partial charge in [0.05, 0.1) is 12.3 Å². The Morgan fingerprint density at radius 1 is 1.24 bits per heavy atom. The Morgan fingerprint density at radius 3 is 2.52 bits per heavy atom. The van der Waals surface area contributed by atoms with Crippen molar-refractivity contribution in [2.75, 3.05) is 32.4 Å². The molecule has 1 rings (SSSR count). The summed E-state index contributed by atoms with van der Waals surface area (Å²) in [5.41, 5.74) is 1.09. The zero-order chi connectivity index (χ0) is 18.0. The van der Waals surface area contributed by atoms with Crippen molar-refractivity contribution in [1.29, 1.82) is 0 Å². The maximum absolute atomic E-state index is 11.3. The predicted molar refractivity (Wildman–Crippen MR) is 114 cm³/mol. The van der Waals surface area contributed by atoms with Gasteiger partial charge < -0.3 is 15.4 Å². The summed E-state index contributed by atoms with van der Waals surface area (Å²) >= 11 is 0. The smallest absolute Gasteiger partial charge is 0.211 e. The highest BCUT2D eigenvalue weighted by Crippen LogP contribution is 2.17. The van der Waals surface area contributed by atoms with Crippen molar-refractivity contribution in [3.63, 3.8) is 0 Å². The number of sulfonamides is 1. The van der Waals surface area contributed by atoms with E-state index < -0.39 is 10.0 Å². The first-order valence-electron chi connectivity index (χ1n) is 8.02. The molecule has 0 fully saturated rings. The summed E-state index contributed by atoms with van der Waals surface area (Å²) < 4.78 is 31.0. The van der Waals surface area contributed by atoms with E-state index in [1.807, 2.05) is 38.1 Å². The summed E-state index contributed by atoms with van der Waals surface area (Å²) in [6, 6.07) is 7.87. The molecule has 0 aromatic heterocycles. The number of hydrogen-bond acceptors (Lipinski definition) is 4. The summed E-state index contributed by atoms with van der Waals surface area (Å²) in [4.78, 5) is 4.10. The SMILES string of the molecule is CCS(=O)(=O)NCCNC(=NC)NCC(C)Oc1ccccc1C.I. The second-order valence-electron chi connectivity index (χ2n) is 5.37. The van der Waals surface area contributed by atoms with Crippen LogP contribution < -0.4 is 20.1 Å². The largest absolute Gasteiger partial charge is 0.489 e. The second kappa shape index (κ2) is 12.3. The van der Waals surface area contributed by atoms with E-state index in [2.05, 4.69) is 20.3 Å². The third-order valence-corrected chi connectivity index (χ3v) is 4.73. The number of hydrogen-bond donors (Lipinski definition) is 3. The van der Waals surface area contributed by atoms with Crippen molar-refractivity contribution in [2.45, 2.75) is 26.9 Å². The van der Waals surface area contributed by atoms with Crippen molar-refractivity contribution in [3.05, 3.63) is 29.8 Å². The van der Waals surface area contributed by atoms with Crippen LogP contribution >= 0.6 is 24.0 Å². The lowest BCUT2D eigenvalue weighted by Crippen LogP contribution is -2.44. The summed E-state index contributed by atoms with van der Waals surface area (Å²) in [5, 5.41) is 6.21. The van der Waals surface area contributed by atoms with Gasteiger partial charge in [0.25, 0.3) is 0 Å². The molecule has 1 atom stereocenters. The molecule has 0 aliphatic rings. The molecule has 0 amide bonds. The zero-order valence-corrected chi connectivity index (χ0v) is 18.4. The number of aliphatic imine (C=N–C) groups is 1. The van der Waals surface area contributed by atoms with Gasteiger partial charge >= 0.3 is 0 Å². The molecule has 0 saturated carbocycles. The Bertz CT molecular complexity index is 638. The minimum Gasteiger partial charge on any atom is -0.489 e. The lowest BCUT2D eigenvalue weighted by atomic mass is 10.2. The van der Waals surface area contributed by atoms with Crippen LogP contribution in [-0.4, -0.2) is 52.9 Å². The molecule has 0 aliphatic heterocycles. The van der Waals surface area contributed by atoms with Gasteiger partial charge in [-0.3, -0.25) is 4.99 Å². The Hall–Kier alpha value is -1.07. The molecule has 0 aliphatic carbocycles. The molecule has 1 aromatic rings. The molecule has 1 aromatic carbocycles. The van der Waals surface area contributed by atoms with E-state index in [1.165, 1.54) is 0 Å². The Kier molecular flexibility index (Phi) is 11.8. The number of rotatable bonds is 9. The van der Waals surface area contributed by atoms with Gasteiger partial charge in [0, 0.05) is 20.1 Å². The first-order valence-corrected chi connectivity index (χ1v) is 9.67. The third-order valence-electron chi connectivity index (χ3n) is 3.32. The molecule has 25 heavy (non-hydrogen) atoms. The Labute approximate surface area is 168 Å². The van der Waals surface area contributed by atoms with Crippen LogP contribution in [0.4, 0.5) is 0 Å². The average molecular weight is 484 g/mol. The summed E-state index contributed by atoms with van der Waals surface area (Å²) in [6.45, 7) is 6.92. The molecule has 1 unspecified atom stereocenters. The van der Waals surface area contributed by atoms with Crippen molar-refractivity contribution >= 4 is 40.0 Å². The van der Waals surface area contributed by atoms with Crippen LogP contribution in [0, 0.1) is 6.92 Å². The topological polar surface area (TPSA) is 91.8 Å². The molecule has 0 bridgehead atoms. The summed E-state index contributed by atoms with van der Waals surface area (Å²) in [5.74, 6) is 1.54. The number of guanidine groups is 1. The number of aryl methyl sites for hydroxylation is 1.